The fraction of sp³-hybridized carbons (Fsp3) is 0.512. The summed E-state index contributed by atoms with van der Waals surface area (Å²) < 4.78 is 14.6. The van der Waals surface area contributed by atoms with Gasteiger partial charge in [0.05, 0.1) is 18.8 Å². The number of thioether (sulfide) groups is 1. The smallest absolute Gasteiger partial charge is 0.224 e. The summed E-state index contributed by atoms with van der Waals surface area (Å²) in [6, 6.07) is 26.2. The van der Waals surface area contributed by atoms with Crippen molar-refractivity contribution in [2.75, 3.05) is 11.1 Å². The first-order chi connectivity index (χ1) is 25.5. The van der Waals surface area contributed by atoms with E-state index >= 15 is 0 Å². The van der Waals surface area contributed by atoms with Crippen molar-refractivity contribution in [2.24, 2.45) is 0 Å². The molecule has 280 valence electrons. The second kappa shape index (κ2) is 22.2. The van der Waals surface area contributed by atoms with Crippen LogP contribution in [0.4, 0.5) is 5.69 Å². The number of aliphatic hydroxyl groups is 1. The maximum atomic E-state index is 13.0. The van der Waals surface area contributed by atoms with Crippen LogP contribution in [0.3, 0.4) is 0 Å². The Balaban J connectivity index is 1.19. The van der Waals surface area contributed by atoms with Crippen LogP contribution >= 0.6 is 23.1 Å². The molecule has 9 heteroatoms. The highest BCUT2D eigenvalue weighted by Gasteiger charge is 2.42. The molecule has 7 nitrogen and oxygen atoms in total. The predicted octanol–water partition coefficient (Wildman–Crippen LogP) is 11.5. The zero-order valence-corrected chi connectivity index (χ0v) is 32.6. The summed E-state index contributed by atoms with van der Waals surface area (Å²) in [5, 5.41) is 22.3. The van der Waals surface area contributed by atoms with Gasteiger partial charge in [-0.25, -0.2) is 0 Å². The van der Waals surface area contributed by atoms with Gasteiger partial charge in [-0.15, -0.1) is 10.2 Å². The Bertz CT molecular complexity index is 1600. The van der Waals surface area contributed by atoms with Gasteiger partial charge in [0, 0.05) is 29.3 Å². The summed E-state index contributed by atoms with van der Waals surface area (Å²) in [5.41, 5.74) is 4.59. The molecule has 1 aliphatic rings. The zero-order valence-electron chi connectivity index (χ0n) is 31.0. The summed E-state index contributed by atoms with van der Waals surface area (Å²) in [6.45, 7) is 4.22. The van der Waals surface area contributed by atoms with Crippen LogP contribution < -0.4 is 5.32 Å². The minimum atomic E-state index is -0.651. The van der Waals surface area contributed by atoms with Crippen LogP contribution in [0.25, 0.3) is 0 Å². The summed E-state index contributed by atoms with van der Waals surface area (Å²) in [6.07, 6.45) is 16.0. The molecule has 1 aliphatic heterocycles. The zero-order chi connectivity index (χ0) is 36.4. The minimum absolute atomic E-state index is 0.0158. The normalized spacial score (nSPS) is 18.8. The molecule has 0 saturated carbocycles. The van der Waals surface area contributed by atoms with Gasteiger partial charge in [-0.3, -0.25) is 4.79 Å². The largest absolute Gasteiger partial charge is 0.392 e. The van der Waals surface area contributed by atoms with Gasteiger partial charge < -0.3 is 19.9 Å². The molecule has 2 heterocycles. The monoisotopic (exact) mass is 743 g/mol. The van der Waals surface area contributed by atoms with Gasteiger partial charge in [-0.05, 0) is 42.2 Å². The minimum Gasteiger partial charge on any atom is -0.392 e. The van der Waals surface area contributed by atoms with Crippen molar-refractivity contribution < 1.29 is 19.4 Å². The summed E-state index contributed by atoms with van der Waals surface area (Å²) in [5.74, 6) is 0.606. The number of amides is 1. The number of hydrogen-bond acceptors (Lipinski definition) is 8. The summed E-state index contributed by atoms with van der Waals surface area (Å²) >= 11 is 3.24. The highest BCUT2D eigenvalue weighted by atomic mass is 32.2. The third kappa shape index (κ3) is 12.8. The highest BCUT2D eigenvalue weighted by molar-refractivity contribution is 8.01. The van der Waals surface area contributed by atoms with Gasteiger partial charge in [0.25, 0.3) is 0 Å². The van der Waals surface area contributed by atoms with Crippen LogP contribution in [0.15, 0.2) is 83.2 Å². The van der Waals surface area contributed by atoms with Gasteiger partial charge >= 0.3 is 0 Å². The first kappa shape index (κ1) is 40.1. The average molecular weight is 744 g/mol. The summed E-state index contributed by atoms with van der Waals surface area (Å²) in [7, 11) is 0. The third-order valence-corrected chi connectivity index (χ3v) is 11.9. The number of aromatic nitrogens is 2. The van der Waals surface area contributed by atoms with Gasteiger partial charge in [0.2, 0.25) is 5.91 Å². The highest BCUT2D eigenvalue weighted by Crippen LogP contribution is 2.48. The number of ether oxygens (including phenoxy) is 2. The van der Waals surface area contributed by atoms with Crippen molar-refractivity contribution in [1.82, 2.24) is 10.2 Å². The Kier molecular flexibility index (Phi) is 17.1. The number of nitrogens with one attached hydrogen (secondary N) is 1. The Morgan fingerprint density at radius 2 is 1.42 bits per heavy atom. The second-order valence-corrected chi connectivity index (χ2v) is 16.4. The lowest BCUT2D eigenvalue weighted by Gasteiger charge is -2.43. The van der Waals surface area contributed by atoms with E-state index in [1.54, 1.807) is 23.1 Å². The molecule has 4 unspecified atom stereocenters. The van der Waals surface area contributed by atoms with Crippen molar-refractivity contribution in [2.45, 2.75) is 139 Å². The van der Waals surface area contributed by atoms with E-state index in [9.17, 15) is 9.90 Å². The number of benzene rings is 3. The fourth-order valence-corrected chi connectivity index (χ4v) is 8.84. The molecule has 2 N–H and O–H groups in total. The van der Waals surface area contributed by atoms with Crippen molar-refractivity contribution in [3.05, 3.63) is 106 Å². The van der Waals surface area contributed by atoms with Crippen LogP contribution in [0.1, 0.15) is 142 Å². The molecular weight excluding hydrogens is 687 g/mol. The number of rotatable bonds is 22. The molecule has 3 aromatic carbocycles. The molecule has 0 bridgehead atoms. The molecule has 52 heavy (non-hydrogen) atoms. The SMILES string of the molecule is CCCCCCCCCCCCCCCC(=O)Nc1cccc(C2OC(CSc3nnc(C)s3)C(c3ccccc3)C(c3ccc(CO)cc3)O2)c1. The summed E-state index contributed by atoms with van der Waals surface area (Å²) in [4.78, 5) is 13.0. The molecule has 0 radical (unpaired) electrons. The topological polar surface area (TPSA) is 93.6 Å². The lowest BCUT2D eigenvalue weighted by Crippen LogP contribution is -2.38. The van der Waals surface area contributed by atoms with Gasteiger partial charge in [0.1, 0.15) is 5.01 Å². The van der Waals surface area contributed by atoms with Crippen molar-refractivity contribution in [1.29, 1.82) is 0 Å². The maximum absolute atomic E-state index is 13.0. The molecule has 1 aromatic heterocycles. The van der Waals surface area contributed by atoms with Crippen molar-refractivity contribution >= 4 is 34.7 Å². The molecule has 1 fully saturated rings. The lowest BCUT2D eigenvalue weighted by atomic mass is 9.84. The van der Waals surface area contributed by atoms with E-state index in [0.29, 0.717) is 12.2 Å². The fourth-order valence-electron chi connectivity index (χ4n) is 6.93. The number of carbonyl (C=O) groups excluding carboxylic acids is 1. The quantitative estimate of drug-likeness (QED) is 0.0611. The van der Waals surface area contributed by atoms with E-state index in [0.717, 1.165) is 50.1 Å². The van der Waals surface area contributed by atoms with E-state index in [1.807, 2.05) is 61.5 Å². The predicted molar refractivity (Wildman–Crippen MR) is 214 cm³/mol. The van der Waals surface area contributed by atoms with Crippen molar-refractivity contribution in [3.63, 3.8) is 0 Å². The molecule has 4 atom stereocenters. The molecule has 4 aromatic rings. The molecule has 1 saturated heterocycles. The number of carbonyl (C=O) groups is 1. The second-order valence-electron chi connectivity index (χ2n) is 14.0. The Morgan fingerprint density at radius 1 is 0.769 bits per heavy atom. The van der Waals surface area contributed by atoms with E-state index in [1.165, 1.54) is 70.6 Å². The molecular formula is C43H57N3O4S2. The first-order valence-electron chi connectivity index (χ1n) is 19.4. The van der Waals surface area contributed by atoms with Gasteiger partial charge in [0.15, 0.2) is 10.6 Å². The van der Waals surface area contributed by atoms with E-state index < -0.39 is 6.29 Å². The third-order valence-electron chi connectivity index (χ3n) is 9.80. The van der Waals surface area contributed by atoms with Crippen LogP contribution in [-0.4, -0.2) is 33.1 Å². The Morgan fingerprint density at radius 3 is 2.06 bits per heavy atom. The van der Waals surface area contributed by atoms with E-state index in [4.69, 9.17) is 9.47 Å². The molecule has 0 aliphatic carbocycles. The molecule has 0 spiro atoms. The van der Waals surface area contributed by atoms with Crippen LogP contribution in [0.2, 0.25) is 0 Å². The van der Waals surface area contributed by atoms with Crippen LogP contribution in [0.5, 0.6) is 0 Å². The molecule has 1 amide bonds. The number of aliphatic hydroxyl groups excluding tert-OH is 1. The van der Waals surface area contributed by atoms with Crippen molar-refractivity contribution in [3.8, 4) is 0 Å². The standard InChI is InChI=1S/C43H57N3O4S2/c1-3-4-5-6-7-8-9-10-11-12-13-14-18-24-39(48)44-37-23-19-22-36(29-37)42-49-38(31-51-43-46-45-32(2)52-43)40(34-20-16-15-17-21-34)41(50-42)35-27-25-33(30-47)26-28-35/h15-17,19-23,25-29,38,40-42,47H,3-14,18,24,30-31H2,1-2H3,(H,44,48). The van der Waals surface area contributed by atoms with E-state index in [2.05, 4.69) is 46.7 Å². The lowest BCUT2D eigenvalue weighted by molar-refractivity contribution is -0.255. The number of hydrogen-bond donors (Lipinski definition) is 2. The maximum Gasteiger partial charge on any atom is 0.224 e. The first-order valence-corrected chi connectivity index (χ1v) is 21.2. The Hall–Kier alpha value is -3.08. The average Bonchev–Trinajstić information content (AvgIpc) is 3.60. The number of aryl methyl sites for hydroxylation is 1. The number of nitrogens with zero attached hydrogens (tertiary/aromatic N) is 2. The van der Waals surface area contributed by atoms with Gasteiger partial charge in [-0.1, -0.05) is 174 Å². The number of unbranched alkanes of at least 4 members (excludes halogenated alkanes) is 12. The van der Waals surface area contributed by atoms with E-state index in [-0.39, 0.29) is 30.6 Å². The number of anilines is 1. The van der Waals surface area contributed by atoms with Crippen LogP contribution in [-0.2, 0) is 20.9 Å². The van der Waals surface area contributed by atoms with Gasteiger partial charge in [-0.2, -0.15) is 0 Å². The Labute approximate surface area is 319 Å². The molecule has 5 rings (SSSR count). The van der Waals surface area contributed by atoms with Crippen LogP contribution in [0, 0.1) is 6.92 Å².